The Bertz CT molecular complexity index is 352. The van der Waals surface area contributed by atoms with Crippen molar-refractivity contribution in [3.63, 3.8) is 0 Å². The molecule has 5 nitrogen and oxygen atoms in total. The van der Waals surface area contributed by atoms with Crippen molar-refractivity contribution in [3.8, 4) is 0 Å². The third-order valence-corrected chi connectivity index (χ3v) is 4.11. The first-order valence-corrected chi connectivity index (χ1v) is 7.95. The van der Waals surface area contributed by atoms with Crippen LogP contribution in [0.15, 0.2) is 12.7 Å². The van der Waals surface area contributed by atoms with E-state index in [1.165, 1.54) is 6.08 Å². The molecule has 0 fully saturated rings. The van der Waals surface area contributed by atoms with E-state index >= 15 is 0 Å². The van der Waals surface area contributed by atoms with E-state index in [0.29, 0.717) is 13.0 Å². The second-order valence-electron chi connectivity index (χ2n) is 5.94. The summed E-state index contributed by atoms with van der Waals surface area (Å²) in [5, 5.41) is 11.8. The fourth-order valence-corrected chi connectivity index (χ4v) is 3.07. The van der Waals surface area contributed by atoms with Gasteiger partial charge in [0.25, 0.3) is 0 Å². The van der Waals surface area contributed by atoms with Crippen LogP contribution in [0.1, 0.15) is 40.5 Å². The number of ether oxygens (including phenoxy) is 1. The predicted molar refractivity (Wildman–Crippen MR) is 86.7 cm³/mol. The Balaban J connectivity index is 4.35. The van der Waals surface area contributed by atoms with E-state index in [1.54, 1.807) is 18.7 Å². The number of amides is 1. The Morgan fingerprint density at radius 2 is 2.00 bits per heavy atom. The molecule has 0 saturated heterocycles. The number of hydrogen-bond acceptors (Lipinski definition) is 4. The molecule has 6 heteroatoms. The van der Waals surface area contributed by atoms with Crippen LogP contribution in [0.25, 0.3) is 0 Å². The van der Waals surface area contributed by atoms with Crippen molar-refractivity contribution in [1.82, 2.24) is 5.32 Å². The average Bonchev–Trinajstić information content (AvgIpc) is 2.37. The largest absolute Gasteiger partial charge is 0.481 e. The van der Waals surface area contributed by atoms with Crippen molar-refractivity contribution in [2.45, 2.75) is 50.5 Å². The van der Waals surface area contributed by atoms with E-state index < -0.39 is 12.1 Å². The highest BCUT2D eigenvalue weighted by molar-refractivity contribution is 8.01. The van der Waals surface area contributed by atoms with E-state index in [4.69, 9.17) is 9.84 Å². The number of carboxylic acid groups (broad SMARTS) is 1. The van der Waals surface area contributed by atoms with Crippen LogP contribution >= 0.6 is 11.8 Å². The van der Waals surface area contributed by atoms with Crippen molar-refractivity contribution < 1.29 is 19.4 Å². The maximum absolute atomic E-state index is 11.4. The van der Waals surface area contributed by atoms with Crippen molar-refractivity contribution in [2.24, 2.45) is 5.92 Å². The first-order valence-electron chi connectivity index (χ1n) is 7.08. The zero-order chi connectivity index (χ0) is 16.5. The summed E-state index contributed by atoms with van der Waals surface area (Å²) in [7, 11) is 0. The maximum atomic E-state index is 11.4. The topological polar surface area (TPSA) is 75.6 Å². The quantitative estimate of drug-likeness (QED) is 0.638. The van der Waals surface area contributed by atoms with Crippen LogP contribution in [0.4, 0.5) is 4.79 Å². The summed E-state index contributed by atoms with van der Waals surface area (Å²) in [6.45, 7) is 12.1. The minimum Gasteiger partial charge on any atom is -0.481 e. The van der Waals surface area contributed by atoms with Gasteiger partial charge in [0.2, 0.25) is 0 Å². The van der Waals surface area contributed by atoms with Gasteiger partial charge in [-0.1, -0.05) is 40.3 Å². The molecule has 0 aliphatic heterocycles. The summed E-state index contributed by atoms with van der Waals surface area (Å²) in [6.07, 6.45) is 2.36. The number of alkyl carbamates (subject to hydrolysis) is 1. The molecule has 0 heterocycles. The molecule has 0 aliphatic carbocycles. The highest BCUT2D eigenvalue weighted by Gasteiger charge is 2.22. The Morgan fingerprint density at radius 3 is 2.48 bits per heavy atom. The fraction of sp³-hybridized carbons (Fsp3) is 0.733. The number of carbonyl (C=O) groups excluding carboxylic acids is 1. The lowest BCUT2D eigenvalue weighted by Gasteiger charge is -2.26. The van der Waals surface area contributed by atoms with Crippen molar-refractivity contribution in [3.05, 3.63) is 12.7 Å². The van der Waals surface area contributed by atoms with Crippen molar-refractivity contribution in [1.29, 1.82) is 0 Å². The van der Waals surface area contributed by atoms with Gasteiger partial charge in [-0.25, -0.2) is 4.79 Å². The third-order valence-electron chi connectivity index (χ3n) is 2.67. The monoisotopic (exact) mass is 317 g/mol. The standard InChI is InChI=1S/C15H27NO4S/c1-6-9-20-14(19)16-10-12(21-15(3,4)5)8-7-11(2)13(17)18/h6,11-12H,1,7-10H2,2-5H3,(H,16,19)(H,17,18)/t11-,12?/m0/s1. The van der Waals surface area contributed by atoms with Gasteiger partial charge in [-0.3, -0.25) is 4.79 Å². The van der Waals surface area contributed by atoms with Crippen molar-refractivity contribution in [2.75, 3.05) is 13.2 Å². The molecule has 0 aromatic heterocycles. The normalized spacial score (nSPS) is 14.1. The number of carbonyl (C=O) groups is 2. The molecule has 0 rings (SSSR count). The van der Waals surface area contributed by atoms with E-state index in [-0.39, 0.29) is 22.5 Å². The van der Waals surface area contributed by atoms with Gasteiger partial charge in [-0.05, 0) is 12.8 Å². The second kappa shape index (κ2) is 9.71. The Labute approximate surface area is 131 Å². The maximum Gasteiger partial charge on any atom is 0.407 e. The third kappa shape index (κ3) is 11.2. The second-order valence-corrected chi connectivity index (χ2v) is 8.06. The smallest absolute Gasteiger partial charge is 0.407 e. The minimum absolute atomic E-state index is 0.0455. The summed E-state index contributed by atoms with van der Waals surface area (Å²) in [5.74, 6) is -1.16. The van der Waals surface area contributed by atoms with Gasteiger partial charge < -0.3 is 15.2 Å². The highest BCUT2D eigenvalue weighted by Crippen LogP contribution is 2.31. The Hall–Kier alpha value is -1.17. The summed E-state index contributed by atoms with van der Waals surface area (Å²) in [5.41, 5.74) is 0. The summed E-state index contributed by atoms with van der Waals surface area (Å²) in [4.78, 5) is 22.3. The van der Waals surface area contributed by atoms with Crippen LogP contribution in [-0.2, 0) is 9.53 Å². The minimum atomic E-state index is -0.784. The predicted octanol–water partition coefficient (Wildman–Crippen LogP) is 3.30. The molecule has 21 heavy (non-hydrogen) atoms. The molecule has 122 valence electrons. The number of aliphatic carboxylic acids is 1. The zero-order valence-electron chi connectivity index (χ0n) is 13.3. The van der Waals surface area contributed by atoms with E-state index in [9.17, 15) is 9.59 Å². The van der Waals surface area contributed by atoms with Gasteiger partial charge in [0, 0.05) is 16.5 Å². The number of rotatable bonds is 9. The van der Waals surface area contributed by atoms with Gasteiger partial charge in [-0.15, -0.1) is 0 Å². The fourth-order valence-electron chi connectivity index (χ4n) is 1.64. The zero-order valence-corrected chi connectivity index (χ0v) is 14.2. The highest BCUT2D eigenvalue weighted by atomic mass is 32.2. The summed E-state index contributed by atoms with van der Waals surface area (Å²) < 4.78 is 4.91. The number of hydrogen-bond donors (Lipinski definition) is 2. The molecule has 2 atom stereocenters. The number of nitrogens with one attached hydrogen (secondary N) is 1. The van der Waals surface area contributed by atoms with Gasteiger partial charge in [0.1, 0.15) is 6.61 Å². The van der Waals surface area contributed by atoms with Gasteiger partial charge in [0.05, 0.1) is 5.92 Å². The Morgan fingerprint density at radius 1 is 1.38 bits per heavy atom. The lowest BCUT2D eigenvalue weighted by Crippen LogP contribution is -2.33. The molecule has 0 spiro atoms. The molecule has 0 aliphatic rings. The van der Waals surface area contributed by atoms with Crippen LogP contribution in [0.3, 0.4) is 0 Å². The van der Waals surface area contributed by atoms with Gasteiger partial charge >= 0.3 is 12.1 Å². The Kier molecular flexibility index (Phi) is 9.17. The first-order chi connectivity index (χ1) is 9.65. The number of thioether (sulfide) groups is 1. The van der Waals surface area contributed by atoms with Crippen LogP contribution in [-0.4, -0.2) is 40.3 Å². The van der Waals surface area contributed by atoms with E-state index in [0.717, 1.165) is 6.42 Å². The molecule has 1 unspecified atom stereocenters. The molecular weight excluding hydrogens is 290 g/mol. The van der Waals surface area contributed by atoms with Crippen LogP contribution in [0.5, 0.6) is 0 Å². The van der Waals surface area contributed by atoms with E-state index in [2.05, 4.69) is 32.7 Å². The van der Waals surface area contributed by atoms with Crippen molar-refractivity contribution >= 4 is 23.8 Å². The number of carboxylic acids is 1. The molecule has 2 N–H and O–H groups in total. The van der Waals surface area contributed by atoms with Crippen LogP contribution in [0.2, 0.25) is 0 Å². The molecular formula is C15H27NO4S. The van der Waals surface area contributed by atoms with Crippen LogP contribution in [0, 0.1) is 5.92 Å². The van der Waals surface area contributed by atoms with Crippen LogP contribution < -0.4 is 5.32 Å². The molecule has 1 amide bonds. The molecule has 0 radical (unpaired) electrons. The van der Waals surface area contributed by atoms with E-state index in [1.807, 2.05) is 0 Å². The van der Waals surface area contributed by atoms with Gasteiger partial charge in [-0.2, -0.15) is 11.8 Å². The summed E-state index contributed by atoms with van der Waals surface area (Å²) in [6, 6.07) is 0. The average molecular weight is 317 g/mol. The molecule has 0 saturated carbocycles. The lowest BCUT2D eigenvalue weighted by molar-refractivity contribution is -0.141. The first kappa shape index (κ1) is 19.8. The van der Waals surface area contributed by atoms with Gasteiger partial charge in [0.15, 0.2) is 0 Å². The molecule has 0 bridgehead atoms. The lowest BCUT2D eigenvalue weighted by atomic mass is 10.0. The molecule has 0 aromatic carbocycles. The molecule has 0 aromatic rings. The summed E-state index contributed by atoms with van der Waals surface area (Å²) >= 11 is 1.74. The SMILES string of the molecule is C=CCOC(=O)NCC(CC[C@H](C)C(=O)O)SC(C)(C)C.